The average Bonchev–Trinajstić information content (AvgIpc) is 2.31. The summed E-state index contributed by atoms with van der Waals surface area (Å²) in [4.78, 5) is 2.36. The van der Waals surface area contributed by atoms with Crippen molar-refractivity contribution in [1.82, 2.24) is 4.90 Å². The topological polar surface area (TPSA) is 15.3 Å². The van der Waals surface area contributed by atoms with Gasteiger partial charge in [-0.2, -0.15) is 0 Å². The molecule has 1 aromatic rings. The number of rotatable bonds is 1. The Morgan fingerprint density at radius 1 is 1.20 bits per heavy atom. The third-order valence-corrected chi connectivity index (χ3v) is 2.70. The van der Waals surface area contributed by atoms with Crippen LogP contribution in [0.15, 0.2) is 18.2 Å². The van der Waals surface area contributed by atoms with Crippen molar-refractivity contribution in [3.63, 3.8) is 0 Å². The Balaban J connectivity index is 0.000000531. The number of hydrogen-bond donors (Lipinski definition) is 1. The molecule has 1 aliphatic rings. The molecule has 0 atom stereocenters. The summed E-state index contributed by atoms with van der Waals surface area (Å²) in [7, 11) is 4.14. The number of benzene rings is 1. The van der Waals surface area contributed by atoms with Gasteiger partial charge in [0.1, 0.15) is 0 Å². The lowest BCUT2D eigenvalue weighted by molar-refractivity contribution is 0.313. The fourth-order valence-electron chi connectivity index (χ4n) is 1.85. The van der Waals surface area contributed by atoms with Crippen LogP contribution in [-0.4, -0.2) is 25.5 Å². The highest BCUT2D eigenvalue weighted by Gasteiger charge is 2.12. The molecule has 15 heavy (non-hydrogen) atoms. The van der Waals surface area contributed by atoms with Gasteiger partial charge < -0.3 is 10.2 Å². The Morgan fingerprint density at radius 2 is 1.93 bits per heavy atom. The molecule has 84 valence electrons. The van der Waals surface area contributed by atoms with Crippen LogP contribution in [0.5, 0.6) is 0 Å². The molecule has 1 N–H and O–H groups in total. The molecule has 0 saturated heterocycles. The molecule has 0 bridgehead atoms. The number of hydrogen-bond acceptors (Lipinski definition) is 2. The Bertz CT molecular complexity index is 307. The molecule has 2 nitrogen and oxygen atoms in total. The second-order valence-electron chi connectivity index (χ2n) is 3.72. The quantitative estimate of drug-likeness (QED) is 0.760. The summed E-state index contributed by atoms with van der Waals surface area (Å²) in [6.07, 6.45) is 1.18. The monoisotopic (exact) mass is 206 g/mol. The molecule has 2 heteroatoms. The van der Waals surface area contributed by atoms with E-state index in [9.17, 15) is 0 Å². The van der Waals surface area contributed by atoms with Crippen LogP contribution in [0, 0.1) is 0 Å². The maximum atomic E-state index is 3.17. The van der Waals surface area contributed by atoms with Crippen molar-refractivity contribution in [3.8, 4) is 0 Å². The zero-order valence-corrected chi connectivity index (χ0v) is 10.3. The molecule has 0 aromatic heterocycles. The largest absolute Gasteiger partial charge is 0.388 e. The van der Waals surface area contributed by atoms with E-state index < -0.39 is 0 Å². The molecule has 2 rings (SSSR count). The van der Waals surface area contributed by atoms with Crippen molar-refractivity contribution in [2.75, 3.05) is 26.0 Å². The number of anilines is 1. The van der Waals surface area contributed by atoms with E-state index in [1.165, 1.54) is 29.8 Å². The summed E-state index contributed by atoms with van der Waals surface area (Å²) >= 11 is 0. The predicted octanol–water partition coefficient (Wildman–Crippen LogP) is 2.74. The van der Waals surface area contributed by atoms with Gasteiger partial charge in [0.2, 0.25) is 0 Å². The summed E-state index contributed by atoms with van der Waals surface area (Å²) < 4.78 is 0. The van der Waals surface area contributed by atoms with Gasteiger partial charge in [-0.1, -0.05) is 19.9 Å². The van der Waals surface area contributed by atoms with E-state index in [0.717, 1.165) is 6.54 Å². The minimum atomic E-state index is 1.10. The lowest BCUT2D eigenvalue weighted by Crippen LogP contribution is -2.26. The second kappa shape index (κ2) is 5.76. The maximum Gasteiger partial charge on any atom is 0.0340 e. The van der Waals surface area contributed by atoms with Crippen LogP contribution in [0.3, 0.4) is 0 Å². The summed E-state index contributed by atoms with van der Waals surface area (Å²) in [6, 6.07) is 6.65. The van der Waals surface area contributed by atoms with Gasteiger partial charge in [0.25, 0.3) is 0 Å². The number of fused-ring (bicyclic) bond motifs is 1. The van der Waals surface area contributed by atoms with Crippen LogP contribution < -0.4 is 5.32 Å². The zero-order valence-electron chi connectivity index (χ0n) is 10.3. The Hall–Kier alpha value is -1.02. The first-order valence-electron chi connectivity index (χ1n) is 5.77. The van der Waals surface area contributed by atoms with Gasteiger partial charge in [0.15, 0.2) is 0 Å². The molecule has 1 heterocycles. The van der Waals surface area contributed by atoms with E-state index >= 15 is 0 Å². The van der Waals surface area contributed by atoms with E-state index in [1.54, 1.807) is 0 Å². The number of nitrogens with zero attached hydrogens (tertiary/aromatic N) is 1. The Morgan fingerprint density at radius 3 is 2.60 bits per heavy atom. The average molecular weight is 206 g/mol. The Kier molecular flexibility index (Phi) is 4.63. The molecule has 1 aromatic carbocycles. The first kappa shape index (κ1) is 12.1. The van der Waals surface area contributed by atoms with Crippen molar-refractivity contribution in [2.45, 2.75) is 26.8 Å². The van der Waals surface area contributed by atoms with Gasteiger partial charge in [-0.3, -0.25) is 0 Å². The molecule has 0 aliphatic carbocycles. The molecule has 0 saturated carbocycles. The van der Waals surface area contributed by atoms with Gasteiger partial charge in [0.05, 0.1) is 0 Å². The third kappa shape index (κ3) is 2.96. The summed E-state index contributed by atoms with van der Waals surface area (Å²) in [5.74, 6) is 0. The van der Waals surface area contributed by atoms with Crippen LogP contribution in [0.1, 0.15) is 25.0 Å². The van der Waals surface area contributed by atoms with Gasteiger partial charge in [-0.25, -0.2) is 0 Å². The van der Waals surface area contributed by atoms with Crippen molar-refractivity contribution in [1.29, 1.82) is 0 Å². The molecule has 0 unspecified atom stereocenters. The van der Waals surface area contributed by atoms with Crippen LogP contribution in [0.25, 0.3) is 0 Å². The van der Waals surface area contributed by atoms with E-state index in [0.29, 0.717) is 0 Å². The van der Waals surface area contributed by atoms with E-state index in [-0.39, 0.29) is 0 Å². The van der Waals surface area contributed by atoms with Crippen molar-refractivity contribution >= 4 is 5.69 Å². The summed E-state index contributed by atoms with van der Waals surface area (Å²) in [6.45, 7) is 6.28. The van der Waals surface area contributed by atoms with Crippen LogP contribution in [-0.2, 0) is 13.0 Å². The molecule has 0 amide bonds. The molecular weight excluding hydrogens is 184 g/mol. The molecule has 0 fully saturated rings. The molecule has 0 radical (unpaired) electrons. The fraction of sp³-hybridized carbons (Fsp3) is 0.538. The highest BCUT2D eigenvalue weighted by molar-refractivity contribution is 5.48. The van der Waals surface area contributed by atoms with Crippen molar-refractivity contribution in [3.05, 3.63) is 29.3 Å². The normalized spacial score (nSPS) is 14.9. The van der Waals surface area contributed by atoms with Gasteiger partial charge in [0, 0.05) is 25.8 Å². The Labute approximate surface area is 93.3 Å². The number of likely N-dealkylation sites (N-methyl/N-ethyl adjacent to an activating group) is 1. The first-order valence-corrected chi connectivity index (χ1v) is 5.77. The SMILES string of the molecule is CC.CNc1ccc2c(c1)CCN(C)C2. The van der Waals surface area contributed by atoms with Gasteiger partial charge in [-0.05, 0) is 36.7 Å². The lowest BCUT2D eigenvalue weighted by Gasteiger charge is -2.25. The van der Waals surface area contributed by atoms with Crippen molar-refractivity contribution < 1.29 is 0 Å². The summed E-state index contributed by atoms with van der Waals surface area (Å²) in [5, 5.41) is 3.17. The lowest BCUT2D eigenvalue weighted by atomic mass is 9.99. The van der Waals surface area contributed by atoms with Crippen LogP contribution in [0.4, 0.5) is 5.69 Å². The smallest absolute Gasteiger partial charge is 0.0340 e. The van der Waals surface area contributed by atoms with E-state index in [2.05, 4.69) is 35.5 Å². The third-order valence-electron chi connectivity index (χ3n) is 2.70. The second-order valence-corrected chi connectivity index (χ2v) is 3.72. The standard InChI is InChI=1S/C11H16N2.C2H6/c1-12-11-4-3-10-8-13(2)6-5-9(10)7-11;1-2/h3-4,7,12H,5-6,8H2,1-2H3;1-2H3. The van der Waals surface area contributed by atoms with Crippen LogP contribution in [0.2, 0.25) is 0 Å². The minimum Gasteiger partial charge on any atom is -0.388 e. The van der Waals surface area contributed by atoms with Gasteiger partial charge >= 0.3 is 0 Å². The van der Waals surface area contributed by atoms with Crippen LogP contribution >= 0.6 is 0 Å². The molecular formula is C13H22N2. The van der Waals surface area contributed by atoms with Crippen molar-refractivity contribution in [2.24, 2.45) is 0 Å². The highest BCUT2D eigenvalue weighted by atomic mass is 15.1. The highest BCUT2D eigenvalue weighted by Crippen LogP contribution is 2.21. The molecule has 0 spiro atoms. The fourth-order valence-corrected chi connectivity index (χ4v) is 1.85. The maximum absolute atomic E-state index is 3.17. The van der Waals surface area contributed by atoms with E-state index in [4.69, 9.17) is 0 Å². The van der Waals surface area contributed by atoms with E-state index in [1.807, 2.05) is 20.9 Å². The molecule has 1 aliphatic heterocycles. The minimum absolute atomic E-state index is 1.10. The first-order chi connectivity index (χ1) is 7.29. The summed E-state index contributed by atoms with van der Waals surface area (Å²) in [5.41, 5.74) is 4.21. The number of nitrogens with one attached hydrogen (secondary N) is 1. The predicted molar refractivity (Wildman–Crippen MR) is 67.4 cm³/mol. The zero-order chi connectivity index (χ0) is 11.3. The van der Waals surface area contributed by atoms with Gasteiger partial charge in [-0.15, -0.1) is 0 Å².